The van der Waals surface area contributed by atoms with E-state index in [1.54, 1.807) is 11.8 Å². The fourth-order valence-electron chi connectivity index (χ4n) is 1.03. The van der Waals surface area contributed by atoms with Gasteiger partial charge in [-0.05, 0) is 19.1 Å². The first kappa shape index (κ1) is 16.3. The Hall–Kier alpha value is -0.180. The number of hydrogen-bond acceptors (Lipinski definition) is 3. The van der Waals surface area contributed by atoms with Crippen LogP contribution in [0.15, 0.2) is 0 Å². The van der Waals surface area contributed by atoms with Crippen LogP contribution in [-0.4, -0.2) is 23.6 Å². The van der Waals surface area contributed by atoms with Crippen molar-refractivity contribution in [3.05, 3.63) is 0 Å². The van der Waals surface area contributed by atoms with Crippen molar-refractivity contribution in [2.75, 3.05) is 12.9 Å². The Morgan fingerprint density at radius 3 is 1.93 bits per heavy atom. The largest absolute Gasteiger partial charge is 0.464 e. The van der Waals surface area contributed by atoms with Crippen LogP contribution in [0.4, 0.5) is 0 Å². The average molecular weight is 220 g/mol. The van der Waals surface area contributed by atoms with Crippen molar-refractivity contribution in [2.24, 2.45) is 0 Å². The smallest absolute Gasteiger partial charge is 0.302 e. The highest BCUT2D eigenvalue weighted by molar-refractivity contribution is 8.00. The third-order valence-electron chi connectivity index (χ3n) is 2.26. The molecule has 0 heterocycles. The summed E-state index contributed by atoms with van der Waals surface area (Å²) in [5.41, 5.74) is 0. The van der Waals surface area contributed by atoms with Crippen LogP contribution >= 0.6 is 11.8 Å². The van der Waals surface area contributed by atoms with Gasteiger partial charge in [0.1, 0.15) is 6.61 Å². The highest BCUT2D eigenvalue weighted by Crippen LogP contribution is 2.30. The van der Waals surface area contributed by atoms with E-state index in [9.17, 15) is 4.79 Å². The molecule has 14 heavy (non-hydrogen) atoms. The molecule has 0 N–H and O–H groups in total. The average Bonchev–Trinajstić information content (AvgIpc) is 2.23. The molecular weight excluding hydrogens is 196 g/mol. The van der Waals surface area contributed by atoms with Crippen LogP contribution in [0.5, 0.6) is 0 Å². The summed E-state index contributed by atoms with van der Waals surface area (Å²) in [6.07, 6.45) is 4.15. The zero-order valence-electron chi connectivity index (χ0n) is 10.3. The van der Waals surface area contributed by atoms with Crippen molar-refractivity contribution in [3.63, 3.8) is 0 Å². The second-order valence-corrected chi connectivity index (χ2v) is 4.15. The molecule has 0 aliphatic carbocycles. The fourth-order valence-corrected chi connectivity index (χ4v) is 1.79. The van der Waals surface area contributed by atoms with Gasteiger partial charge in [-0.3, -0.25) is 4.79 Å². The Labute approximate surface area is 92.8 Å². The fraction of sp³-hybridized carbons (Fsp3) is 0.909. The van der Waals surface area contributed by atoms with Gasteiger partial charge < -0.3 is 4.74 Å². The van der Waals surface area contributed by atoms with Crippen LogP contribution in [-0.2, 0) is 9.53 Å². The molecule has 0 radical (unpaired) electrons. The van der Waals surface area contributed by atoms with E-state index in [-0.39, 0.29) is 10.7 Å². The number of esters is 1. The lowest BCUT2D eigenvalue weighted by Gasteiger charge is -2.28. The molecule has 0 amide bonds. The molecule has 0 spiro atoms. The maximum absolute atomic E-state index is 10.6. The van der Waals surface area contributed by atoms with Crippen molar-refractivity contribution >= 4 is 17.7 Å². The van der Waals surface area contributed by atoms with E-state index in [0.29, 0.717) is 6.61 Å². The molecule has 0 aromatic rings. The normalized spacial score (nSPS) is 10.1. The van der Waals surface area contributed by atoms with E-state index in [1.165, 1.54) is 6.92 Å². The Bertz CT molecular complexity index is 134. The number of ether oxygens (including phenoxy) is 1. The molecule has 0 atom stereocenters. The van der Waals surface area contributed by atoms with E-state index < -0.39 is 0 Å². The zero-order chi connectivity index (χ0) is 11.6. The van der Waals surface area contributed by atoms with Crippen molar-refractivity contribution in [3.8, 4) is 0 Å². The monoisotopic (exact) mass is 220 g/mol. The van der Waals surface area contributed by atoms with Gasteiger partial charge in [0.05, 0.1) is 0 Å². The van der Waals surface area contributed by atoms with Crippen LogP contribution < -0.4 is 0 Å². The van der Waals surface area contributed by atoms with Crippen molar-refractivity contribution in [2.45, 2.75) is 52.2 Å². The minimum atomic E-state index is -0.185. The maximum atomic E-state index is 10.6. The van der Waals surface area contributed by atoms with Crippen molar-refractivity contribution in [1.82, 2.24) is 0 Å². The number of carbonyl (C=O) groups excluding carboxylic acids is 1. The molecule has 0 unspecified atom stereocenters. The third kappa shape index (κ3) is 6.30. The molecule has 0 saturated heterocycles. The van der Waals surface area contributed by atoms with E-state index in [4.69, 9.17) is 4.74 Å². The third-order valence-corrected chi connectivity index (χ3v) is 3.82. The summed E-state index contributed by atoms with van der Waals surface area (Å²) in [5, 5.41) is 0. The van der Waals surface area contributed by atoms with Gasteiger partial charge in [-0.2, -0.15) is 11.8 Å². The number of thioether (sulfide) groups is 1. The van der Waals surface area contributed by atoms with Gasteiger partial charge in [-0.15, -0.1) is 0 Å². The Morgan fingerprint density at radius 1 is 1.29 bits per heavy atom. The predicted octanol–water partition coefficient (Wildman–Crippen LogP) is 3.50. The topological polar surface area (TPSA) is 26.3 Å². The summed E-state index contributed by atoms with van der Waals surface area (Å²) in [4.78, 5) is 10.6. The van der Waals surface area contributed by atoms with Gasteiger partial charge in [-0.1, -0.05) is 27.7 Å². The van der Waals surface area contributed by atoms with E-state index in [1.807, 2.05) is 13.8 Å². The number of rotatable bonds is 5. The summed E-state index contributed by atoms with van der Waals surface area (Å²) >= 11 is 1.78. The quantitative estimate of drug-likeness (QED) is 0.663. The SMILES string of the molecule is CC.CCC(CC)(COC(C)=O)SC. The number of hydrogen-bond donors (Lipinski definition) is 0. The Morgan fingerprint density at radius 2 is 1.71 bits per heavy atom. The lowest BCUT2D eigenvalue weighted by molar-refractivity contribution is -0.141. The van der Waals surface area contributed by atoms with Crippen LogP contribution in [0, 0.1) is 0 Å². The molecule has 0 aromatic carbocycles. The van der Waals surface area contributed by atoms with E-state index in [0.717, 1.165) is 12.8 Å². The molecule has 86 valence electrons. The van der Waals surface area contributed by atoms with Gasteiger partial charge >= 0.3 is 5.97 Å². The maximum Gasteiger partial charge on any atom is 0.302 e. The molecule has 0 fully saturated rings. The summed E-state index contributed by atoms with van der Waals surface area (Å²) in [6, 6.07) is 0. The van der Waals surface area contributed by atoms with Gasteiger partial charge in [0.2, 0.25) is 0 Å². The van der Waals surface area contributed by atoms with Gasteiger partial charge in [0, 0.05) is 11.7 Å². The second-order valence-electron chi connectivity index (χ2n) is 2.87. The predicted molar refractivity (Wildman–Crippen MR) is 64.8 cm³/mol. The number of carbonyl (C=O) groups is 1. The summed E-state index contributed by atoms with van der Waals surface area (Å²) in [7, 11) is 0. The van der Waals surface area contributed by atoms with Crippen LogP contribution in [0.1, 0.15) is 47.5 Å². The summed E-state index contributed by atoms with van der Waals surface area (Å²) in [5.74, 6) is -0.185. The van der Waals surface area contributed by atoms with Gasteiger partial charge in [-0.25, -0.2) is 0 Å². The zero-order valence-corrected chi connectivity index (χ0v) is 11.2. The van der Waals surface area contributed by atoms with Crippen LogP contribution in [0.3, 0.4) is 0 Å². The molecular formula is C11H24O2S. The van der Waals surface area contributed by atoms with Crippen LogP contribution in [0.25, 0.3) is 0 Å². The molecule has 0 rings (SSSR count). The highest BCUT2D eigenvalue weighted by Gasteiger charge is 2.26. The van der Waals surface area contributed by atoms with E-state index >= 15 is 0 Å². The lowest BCUT2D eigenvalue weighted by atomic mass is 10.0. The van der Waals surface area contributed by atoms with Gasteiger partial charge in [0.15, 0.2) is 0 Å². The molecule has 2 nitrogen and oxygen atoms in total. The standard InChI is InChI=1S/C9H18O2S.C2H6/c1-5-9(6-2,12-4)7-11-8(3)10;1-2/h5-7H2,1-4H3;1-2H3. The Kier molecular flexibility index (Phi) is 10.9. The van der Waals surface area contributed by atoms with Gasteiger partial charge in [0.25, 0.3) is 0 Å². The molecule has 3 heteroatoms. The lowest BCUT2D eigenvalue weighted by Crippen LogP contribution is -2.30. The molecule has 0 saturated carbocycles. The van der Waals surface area contributed by atoms with Crippen molar-refractivity contribution < 1.29 is 9.53 Å². The Balaban J connectivity index is 0. The van der Waals surface area contributed by atoms with E-state index in [2.05, 4.69) is 20.1 Å². The first-order valence-corrected chi connectivity index (χ1v) is 6.51. The molecule has 0 bridgehead atoms. The summed E-state index contributed by atoms with van der Waals surface area (Å²) < 4.78 is 5.15. The highest BCUT2D eigenvalue weighted by atomic mass is 32.2. The minimum Gasteiger partial charge on any atom is -0.464 e. The first-order chi connectivity index (χ1) is 6.60. The summed E-state index contributed by atoms with van der Waals surface area (Å²) in [6.45, 7) is 10.2. The van der Waals surface area contributed by atoms with Crippen molar-refractivity contribution in [1.29, 1.82) is 0 Å². The van der Waals surface area contributed by atoms with Crippen LogP contribution in [0.2, 0.25) is 0 Å². The molecule has 0 aromatic heterocycles. The molecule has 0 aliphatic rings. The first-order valence-electron chi connectivity index (χ1n) is 5.28. The molecule has 0 aliphatic heterocycles. The minimum absolute atomic E-state index is 0.131. The second kappa shape index (κ2) is 9.38.